The second-order valence-corrected chi connectivity index (χ2v) is 6.77. The number of rotatable bonds is 4. The first kappa shape index (κ1) is 15.5. The first-order chi connectivity index (χ1) is 10.5. The van der Waals surface area contributed by atoms with E-state index in [4.69, 9.17) is 9.26 Å². The van der Waals surface area contributed by atoms with Crippen LogP contribution in [0.25, 0.3) is 0 Å². The SMILES string of the molecule is Cc1cc(CN2CC[C@@H]3C[C@H](C(=O)NC(C)C)O[C@H]3C2)no1. The van der Waals surface area contributed by atoms with E-state index in [0.29, 0.717) is 5.92 Å². The maximum absolute atomic E-state index is 12.1. The lowest BCUT2D eigenvalue weighted by Gasteiger charge is -2.33. The van der Waals surface area contributed by atoms with Crippen molar-refractivity contribution >= 4 is 5.91 Å². The minimum atomic E-state index is -0.286. The summed E-state index contributed by atoms with van der Waals surface area (Å²) in [6.45, 7) is 8.52. The Balaban J connectivity index is 1.54. The number of likely N-dealkylation sites (tertiary alicyclic amines) is 1. The van der Waals surface area contributed by atoms with Crippen LogP contribution < -0.4 is 5.32 Å². The number of hydrogen-bond acceptors (Lipinski definition) is 5. The number of amides is 1. The quantitative estimate of drug-likeness (QED) is 0.913. The third kappa shape index (κ3) is 3.50. The average molecular weight is 307 g/mol. The molecule has 0 aliphatic carbocycles. The number of carbonyl (C=O) groups is 1. The smallest absolute Gasteiger partial charge is 0.249 e. The summed E-state index contributed by atoms with van der Waals surface area (Å²) >= 11 is 0. The molecule has 22 heavy (non-hydrogen) atoms. The Hall–Kier alpha value is -1.40. The van der Waals surface area contributed by atoms with Gasteiger partial charge in [0.05, 0.1) is 11.8 Å². The number of hydrogen-bond donors (Lipinski definition) is 1. The van der Waals surface area contributed by atoms with Crippen molar-refractivity contribution < 1.29 is 14.1 Å². The zero-order chi connectivity index (χ0) is 15.7. The van der Waals surface area contributed by atoms with Crippen molar-refractivity contribution in [2.75, 3.05) is 13.1 Å². The highest BCUT2D eigenvalue weighted by atomic mass is 16.5. The van der Waals surface area contributed by atoms with Gasteiger partial charge in [0.2, 0.25) is 5.91 Å². The molecule has 6 nitrogen and oxygen atoms in total. The molecule has 1 aromatic heterocycles. The summed E-state index contributed by atoms with van der Waals surface area (Å²) in [5.74, 6) is 1.37. The van der Waals surface area contributed by atoms with Gasteiger partial charge in [0, 0.05) is 25.2 Å². The lowest BCUT2D eigenvalue weighted by molar-refractivity contribution is -0.133. The van der Waals surface area contributed by atoms with Gasteiger partial charge in [0.15, 0.2) is 0 Å². The van der Waals surface area contributed by atoms with E-state index in [1.165, 1.54) is 0 Å². The standard InChI is InChI=1S/C16H25N3O3/c1-10(2)17-16(20)14-7-12-4-5-19(9-15(12)21-14)8-13-6-11(3)22-18-13/h6,10,12,14-15H,4-5,7-9H2,1-3H3,(H,17,20)/t12-,14-,15+/m1/s1. The van der Waals surface area contributed by atoms with Gasteiger partial charge in [-0.15, -0.1) is 0 Å². The number of piperidine rings is 1. The highest BCUT2D eigenvalue weighted by molar-refractivity contribution is 5.81. The number of aryl methyl sites for hydroxylation is 1. The predicted octanol–water partition coefficient (Wildman–Crippen LogP) is 1.49. The fraction of sp³-hybridized carbons (Fsp3) is 0.750. The molecule has 0 unspecified atom stereocenters. The lowest BCUT2D eigenvalue weighted by atomic mass is 9.91. The van der Waals surface area contributed by atoms with E-state index in [1.54, 1.807) is 0 Å². The molecule has 2 saturated heterocycles. The Morgan fingerprint density at radius 1 is 1.55 bits per heavy atom. The van der Waals surface area contributed by atoms with E-state index in [0.717, 1.165) is 43.9 Å². The molecule has 3 rings (SSSR count). The van der Waals surface area contributed by atoms with Gasteiger partial charge in [-0.25, -0.2) is 0 Å². The Morgan fingerprint density at radius 2 is 2.36 bits per heavy atom. The normalized spacial score (nSPS) is 28.8. The maximum atomic E-state index is 12.1. The molecule has 1 aromatic rings. The molecule has 2 aliphatic rings. The lowest BCUT2D eigenvalue weighted by Crippen LogP contribution is -2.42. The summed E-state index contributed by atoms with van der Waals surface area (Å²) in [5.41, 5.74) is 0.961. The molecular weight excluding hydrogens is 282 g/mol. The van der Waals surface area contributed by atoms with Crippen LogP contribution >= 0.6 is 0 Å². The molecule has 2 fully saturated rings. The van der Waals surface area contributed by atoms with E-state index in [9.17, 15) is 4.79 Å². The molecule has 0 bridgehead atoms. The van der Waals surface area contributed by atoms with Gasteiger partial charge in [-0.2, -0.15) is 0 Å². The second kappa shape index (κ2) is 6.38. The molecule has 2 aliphatic heterocycles. The molecule has 0 radical (unpaired) electrons. The summed E-state index contributed by atoms with van der Waals surface area (Å²) in [6, 6.07) is 2.13. The first-order valence-electron chi connectivity index (χ1n) is 8.11. The summed E-state index contributed by atoms with van der Waals surface area (Å²) < 4.78 is 11.1. The number of nitrogens with one attached hydrogen (secondary N) is 1. The van der Waals surface area contributed by atoms with Gasteiger partial charge in [-0.3, -0.25) is 9.69 Å². The predicted molar refractivity (Wildman–Crippen MR) is 81.2 cm³/mol. The fourth-order valence-corrected chi connectivity index (χ4v) is 3.41. The van der Waals surface area contributed by atoms with Crippen LogP contribution in [0, 0.1) is 12.8 Å². The largest absolute Gasteiger partial charge is 0.364 e. The van der Waals surface area contributed by atoms with Crippen molar-refractivity contribution in [1.82, 2.24) is 15.4 Å². The van der Waals surface area contributed by atoms with Gasteiger partial charge in [0.1, 0.15) is 11.9 Å². The van der Waals surface area contributed by atoms with E-state index < -0.39 is 0 Å². The molecule has 0 spiro atoms. The minimum absolute atomic E-state index is 0.0306. The number of fused-ring (bicyclic) bond motifs is 1. The number of carbonyl (C=O) groups excluding carboxylic acids is 1. The zero-order valence-electron chi connectivity index (χ0n) is 13.5. The summed E-state index contributed by atoms with van der Waals surface area (Å²) in [5, 5.41) is 7.00. The maximum Gasteiger partial charge on any atom is 0.249 e. The van der Waals surface area contributed by atoms with Crippen LogP contribution in [-0.2, 0) is 16.1 Å². The van der Waals surface area contributed by atoms with Crippen molar-refractivity contribution in [3.8, 4) is 0 Å². The number of ether oxygens (including phenoxy) is 1. The zero-order valence-corrected chi connectivity index (χ0v) is 13.5. The molecule has 0 aromatic carbocycles. The van der Waals surface area contributed by atoms with Crippen LogP contribution in [0.5, 0.6) is 0 Å². The van der Waals surface area contributed by atoms with Crippen molar-refractivity contribution in [2.24, 2.45) is 5.92 Å². The van der Waals surface area contributed by atoms with E-state index in [-0.39, 0.29) is 24.2 Å². The third-order valence-electron chi connectivity index (χ3n) is 4.42. The fourth-order valence-electron chi connectivity index (χ4n) is 3.41. The third-order valence-corrected chi connectivity index (χ3v) is 4.42. The van der Waals surface area contributed by atoms with Crippen LogP contribution in [0.3, 0.4) is 0 Å². The monoisotopic (exact) mass is 307 g/mol. The van der Waals surface area contributed by atoms with Crippen molar-refractivity contribution in [2.45, 2.75) is 58.4 Å². The molecule has 0 saturated carbocycles. The van der Waals surface area contributed by atoms with E-state index in [2.05, 4.69) is 15.4 Å². The van der Waals surface area contributed by atoms with Gasteiger partial charge < -0.3 is 14.6 Å². The van der Waals surface area contributed by atoms with Gasteiger partial charge >= 0.3 is 0 Å². The van der Waals surface area contributed by atoms with Gasteiger partial charge in [-0.1, -0.05) is 5.16 Å². The van der Waals surface area contributed by atoms with Crippen LogP contribution in [-0.4, -0.2) is 47.3 Å². The summed E-state index contributed by atoms with van der Waals surface area (Å²) in [6.07, 6.45) is 1.80. The molecular formula is C16H25N3O3. The number of nitrogens with zero attached hydrogens (tertiary/aromatic N) is 2. The second-order valence-electron chi connectivity index (χ2n) is 6.77. The highest BCUT2D eigenvalue weighted by Crippen LogP contribution is 2.33. The van der Waals surface area contributed by atoms with Crippen LogP contribution in [0.2, 0.25) is 0 Å². The van der Waals surface area contributed by atoms with Crippen molar-refractivity contribution in [3.63, 3.8) is 0 Å². The Morgan fingerprint density at radius 3 is 3.05 bits per heavy atom. The van der Waals surface area contributed by atoms with E-state index >= 15 is 0 Å². The summed E-state index contributed by atoms with van der Waals surface area (Å²) in [7, 11) is 0. The van der Waals surface area contributed by atoms with Gasteiger partial charge in [0.25, 0.3) is 0 Å². The molecule has 3 atom stereocenters. The molecule has 1 N–H and O–H groups in total. The Kier molecular flexibility index (Phi) is 4.49. The van der Waals surface area contributed by atoms with Crippen LogP contribution in [0.15, 0.2) is 10.6 Å². The first-order valence-corrected chi connectivity index (χ1v) is 8.11. The van der Waals surface area contributed by atoms with Crippen LogP contribution in [0.4, 0.5) is 0 Å². The minimum Gasteiger partial charge on any atom is -0.364 e. The topological polar surface area (TPSA) is 67.6 Å². The van der Waals surface area contributed by atoms with Crippen molar-refractivity contribution in [1.29, 1.82) is 0 Å². The van der Waals surface area contributed by atoms with Crippen LogP contribution in [0.1, 0.15) is 38.1 Å². The Labute approximate surface area is 131 Å². The highest BCUT2D eigenvalue weighted by Gasteiger charge is 2.41. The molecule has 122 valence electrons. The average Bonchev–Trinajstić information content (AvgIpc) is 3.04. The summed E-state index contributed by atoms with van der Waals surface area (Å²) in [4.78, 5) is 14.4. The van der Waals surface area contributed by atoms with Crippen molar-refractivity contribution in [3.05, 3.63) is 17.5 Å². The Bertz CT molecular complexity index is 528. The number of aromatic nitrogens is 1. The molecule has 1 amide bonds. The van der Waals surface area contributed by atoms with E-state index in [1.807, 2.05) is 26.8 Å². The van der Waals surface area contributed by atoms with Gasteiger partial charge in [-0.05, 0) is 46.1 Å². The molecule has 3 heterocycles. The molecule has 6 heteroatoms.